The fourth-order valence-corrected chi connectivity index (χ4v) is 0.258. The first-order chi connectivity index (χ1) is 5.45. The van der Waals surface area contributed by atoms with Gasteiger partial charge in [0.05, 0.1) is 6.42 Å². The summed E-state index contributed by atoms with van der Waals surface area (Å²) in [7, 11) is 0. The predicted molar refractivity (Wildman–Crippen MR) is 46.8 cm³/mol. The van der Waals surface area contributed by atoms with Gasteiger partial charge in [0.25, 0.3) is 0 Å². The molecule has 0 saturated heterocycles. The third kappa shape index (κ3) is 18.0. The Labute approximate surface area is 76.1 Å². The van der Waals surface area contributed by atoms with E-state index >= 15 is 0 Å². The largest absolute Gasteiger partial charge is 0.481 e. The molecule has 0 radical (unpaired) electrons. The number of aliphatic carboxylic acids is 2. The molecule has 78 valence electrons. The summed E-state index contributed by atoms with van der Waals surface area (Å²) in [5, 5.41) is 23.6. The van der Waals surface area contributed by atoms with Crippen molar-refractivity contribution < 1.29 is 24.9 Å². The number of aliphatic hydroxyl groups excluding tert-OH is 1. The van der Waals surface area contributed by atoms with Crippen molar-refractivity contribution in [3.8, 4) is 0 Å². The second-order valence-electron chi connectivity index (χ2n) is 1.80. The molecule has 6 nitrogen and oxygen atoms in total. The van der Waals surface area contributed by atoms with Gasteiger partial charge in [0.2, 0.25) is 0 Å². The molecule has 0 atom stereocenters. The fraction of sp³-hybridized carbons (Fsp3) is 0.429. The van der Waals surface area contributed by atoms with Crippen molar-refractivity contribution in [3.63, 3.8) is 0 Å². The van der Waals surface area contributed by atoms with Crippen molar-refractivity contribution in [2.24, 2.45) is 0 Å². The maximum Gasteiger partial charge on any atom is 0.331 e. The topological polar surface area (TPSA) is 130 Å². The van der Waals surface area contributed by atoms with E-state index in [0.29, 0.717) is 0 Å². The molecule has 0 aliphatic rings. The van der Waals surface area contributed by atoms with E-state index in [1.165, 1.54) is 0 Å². The molecule has 6 heteroatoms. The molecule has 0 bridgehead atoms. The summed E-state index contributed by atoms with van der Waals surface area (Å²) in [4.78, 5) is 19.7. The van der Waals surface area contributed by atoms with Crippen LogP contribution in [0.5, 0.6) is 0 Å². The van der Waals surface area contributed by atoms with E-state index in [-0.39, 0.29) is 18.3 Å². The summed E-state index contributed by atoms with van der Waals surface area (Å²) < 4.78 is 0. The highest BCUT2D eigenvalue weighted by Crippen LogP contribution is 1.95. The van der Waals surface area contributed by atoms with E-state index in [1.807, 2.05) is 0 Å². The van der Waals surface area contributed by atoms with E-state index < -0.39 is 18.4 Å². The molecule has 0 amide bonds. The van der Waals surface area contributed by atoms with Gasteiger partial charge in [-0.15, -0.1) is 0 Å². The zero-order chi connectivity index (χ0) is 10.1. The van der Waals surface area contributed by atoms with Gasteiger partial charge in [-0.2, -0.15) is 0 Å². The molecule has 0 aromatic heterocycles. The molecule has 6 N–H and O–H groups in total. The van der Waals surface area contributed by atoms with Crippen LogP contribution in [0.2, 0.25) is 0 Å². The summed E-state index contributed by atoms with van der Waals surface area (Å²) in [5.74, 6) is -2.44. The van der Waals surface area contributed by atoms with Crippen molar-refractivity contribution in [2.45, 2.75) is 13.3 Å². The number of aliphatic hydroxyl groups is 1. The monoisotopic (exact) mass is 193 g/mol. The Balaban J connectivity index is -0.000000220. The second-order valence-corrected chi connectivity index (χ2v) is 1.80. The summed E-state index contributed by atoms with van der Waals surface area (Å²) >= 11 is 0. The third-order valence-electron chi connectivity index (χ3n) is 0.667. The molecular weight excluding hydrogens is 178 g/mol. The Hall–Kier alpha value is -1.40. The Bertz CT molecular complexity index is 178. The minimum absolute atomic E-state index is 0. The molecule has 0 unspecified atom stereocenters. The zero-order valence-electron chi connectivity index (χ0n) is 7.49. The van der Waals surface area contributed by atoms with Crippen LogP contribution in [0, 0.1) is 0 Å². The maximum absolute atomic E-state index is 9.87. The first-order valence-electron chi connectivity index (χ1n) is 3.19. The number of carboxylic acid groups (broad SMARTS) is 2. The van der Waals surface area contributed by atoms with Crippen molar-refractivity contribution in [1.82, 2.24) is 6.15 Å². The van der Waals surface area contributed by atoms with E-state index in [1.54, 1.807) is 6.92 Å². The van der Waals surface area contributed by atoms with Gasteiger partial charge in [-0.1, -0.05) is 6.58 Å². The molecule has 13 heavy (non-hydrogen) atoms. The van der Waals surface area contributed by atoms with E-state index in [4.69, 9.17) is 15.3 Å². The Morgan fingerprint density at radius 2 is 1.62 bits per heavy atom. The van der Waals surface area contributed by atoms with Gasteiger partial charge in [-0.3, -0.25) is 4.79 Å². The highest BCUT2D eigenvalue weighted by Gasteiger charge is 2.07. The number of carboxylic acids is 2. The van der Waals surface area contributed by atoms with Crippen LogP contribution in [0.15, 0.2) is 12.2 Å². The summed E-state index contributed by atoms with van der Waals surface area (Å²) in [6, 6.07) is 0. The molecule has 0 aromatic rings. The predicted octanol–water partition coefficient (Wildman–Crippen LogP) is 0.263. The number of carbonyl (C=O) groups is 2. The minimum atomic E-state index is -1.27. The van der Waals surface area contributed by atoms with Crippen molar-refractivity contribution in [2.75, 3.05) is 6.61 Å². The minimum Gasteiger partial charge on any atom is -0.481 e. The molecule has 0 rings (SSSR count). The number of hydrogen-bond acceptors (Lipinski definition) is 4. The maximum atomic E-state index is 9.87. The van der Waals surface area contributed by atoms with E-state index in [0.717, 1.165) is 0 Å². The van der Waals surface area contributed by atoms with Gasteiger partial charge in [-0.05, 0) is 6.92 Å². The molecular formula is C7H15NO5. The van der Waals surface area contributed by atoms with Gasteiger partial charge in [-0.25, -0.2) is 4.79 Å². The summed E-state index contributed by atoms with van der Waals surface area (Å²) in [6.45, 7) is 4.94. The van der Waals surface area contributed by atoms with Crippen LogP contribution in [-0.4, -0.2) is 33.9 Å². The highest BCUT2D eigenvalue weighted by molar-refractivity contribution is 5.91. The Morgan fingerprint density at radius 3 is 1.69 bits per heavy atom. The molecule has 0 aromatic carbocycles. The van der Waals surface area contributed by atoms with Crippen LogP contribution in [0.1, 0.15) is 13.3 Å². The molecule has 0 aliphatic carbocycles. The lowest BCUT2D eigenvalue weighted by Gasteiger charge is -1.91. The molecule has 0 spiro atoms. The fourth-order valence-electron chi connectivity index (χ4n) is 0.258. The van der Waals surface area contributed by atoms with Gasteiger partial charge in [0.15, 0.2) is 0 Å². The van der Waals surface area contributed by atoms with Crippen LogP contribution in [-0.2, 0) is 9.59 Å². The first-order valence-corrected chi connectivity index (χ1v) is 3.19. The summed E-state index contributed by atoms with van der Waals surface area (Å²) in [6.07, 6.45) is -0.505. The van der Waals surface area contributed by atoms with Gasteiger partial charge >= 0.3 is 11.9 Å². The van der Waals surface area contributed by atoms with Gasteiger partial charge in [0, 0.05) is 12.2 Å². The smallest absolute Gasteiger partial charge is 0.331 e. The SMILES string of the molecule is C=C(CC(=O)O)C(=O)O.CCO.N. The van der Waals surface area contributed by atoms with Crippen LogP contribution in [0.3, 0.4) is 0 Å². The van der Waals surface area contributed by atoms with E-state index in [9.17, 15) is 9.59 Å². The van der Waals surface area contributed by atoms with Crippen molar-refractivity contribution in [1.29, 1.82) is 0 Å². The molecule has 0 aliphatic heterocycles. The molecule has 0 heterocycles. The molecule has 0 saturated carbocycles. The normalized spacial score (nSPS) is 7.23. The average molecular weight is 193 g/mol. The second kappa shape index (κ2) is 10.6. The van der Waals surface area contributed by atoms with Gasteiger partial charge < -0.3 is 21.5 Å². The van der Waals surface area contributed by atoms with Crippen LogP contribution >= 0.6 is 0 Å². The Kier molecular flexibility index (Phi) is 14.4. The van der Waals surface area contributed by atoms with E-state index in [2.05, 4.69) is 6.58 Å². The standard InChI is InChI=1S/C5H6O4.C2H6O.H3N/c1-3(5(8)9)2-4(6)7;1-2-3;/h1-2H2,(H,6,7)(H,8,9);3H,2H2,1H3;1H3. The number of hydrogen-bond donors (Lipinski definition) is 4. The summed E-state index contributed by atoms with van der Waals surface area (Å²) in [5.41, 5.74) is -0.303. The van der Waals surface area contributed by atoms with Crippen LogP contribution < -0.4 is 6.15 Å². The lowest BCUT2D eigenvalue weighted by Crippen LogP contribution is -2.04. The number of rotatable bonds is 3. The van der Waals surface area contributed by atoms with Crippen molar-refractivity contribution in [3.05, 3.63) is 12.2 Å². The highest BCUT2D eigenvalue weighted by atomic mass is 16.4. The lowest BCUT2D eigenvalue weighted by atomic mass is 10.2. The lowest BCUT2D eigenvalue weighted by molar-refractivity contribution is -0.139. The van der Waals surface area contributed by atoms with Crippen molar-refractivity contribution >= 4 is 11.9 Å². The van der Waals surface area contributed by atoms with Gasteiger partial charge in [0.1, 0.15) is 0 Å². The molecule has 0 fully saturated rings. The van der Waals surface area contributed by atoms with Crippen LogP contribution in [0.25, 0.3) is 0 Å². The quantitative estimate of drug-likeness (QED) is 0.476. The Morgan fingerprint density at radius 1 is 1.31 bits per heavy atom. The average Bonchev–Trinajstić information content (AvgIpc) is 1.87. The zero-order valence-corrected chi connectivity index (χ0v) is 7.49. The first kappa shape index (κ1) is 17.6. The van der Waals surface area contributed by atoms with Crippen LogP contribution in [0.4, 0.5) is 0 Å². The third-order valence-corrected chi connectivity index (χ3v) is 0.667.